The first-order valence-electron chi connectivity index (χ1n) is 5.69. The molecule has 0 saturated carbocycles. The van der Waals surface area contributed by atoms with Gasteiger partial charge in [-0.25, -0.2) is 5.84 Å². The number of nitrogens with two attached hydrogens (primary N) is 1. The third-order valence-corrected chi connectivity index (χ3v) is 2.93. The number of hydrogen-bond donors (Lipinski definition) is 2. The number of rotatable bonds is 4. The maximum Gasteiger partial charge on any atom is 0.241 e. The van der Waals surface area contributed by atoms with E-state index in [9.17, 15) is 4.79 Å². The zero-order valence-corrected chi connectivity index (χ0v) is 10.8. The minimum atomic E-state index is -0.323. The lowest BCUT2D eigenvalue weighted by molar-refractivity contribution is -0.122. The first-order valence-corrected chi connectivity index (χ1v) is 5.69. The number of ether oxygens (including phenoxy) is 1. The lowest BCUT2D eigenvalue weighted by atomic mass is 9.94. The Hall–Kier alpha value is -1.55. The van der Waals surface area contributed by atoms with E-state index in [2.05, 4.69) is 19.3 Å². The topological polar surface area (TPSA) is 64.3 Å². The van der Waals surface area contributed by atoms with Crippen molar-refractivity contribution in [3.05, 3.63) is 29.3 Å². The van der Waals surface area contributed by atoms with Gasteiger partial charge >= 0.3 is 0 Å². The Morgan fingerprint density at radius 1 is 1.35 bits per heavy atom. The minimum absolute atomic E-state index is 0.222. The van der Waals surface area contributed by atoms with Gasteiger partial charge < -0.3 is 4.74 Å². The fraction of sp³-hybridized carbons (Fsp3) is 0.462. The Labute approximate surface area is 102 Å². The van der Waals surface area contributed by atoms with Gasteiger partial charge in [-0.3, -0.25) is 10.2 Å². The van der Waals surface area contributed by atoms with Crippen LogP contribution in [-0.2, 0) is 4.79 Å². The van der Waals surface area contributed by atoms with Crippen LogP contribution in [0.4, 0.5) is 0 Å². The summed E-state index contributed by atoms with van der Waals surface area (Å²) in [6.07, 6.45) is 0. The molecule has 17 heavy (non-hydrogen) atoms. The van der Waals surface area contributed by atoms with E-state index < -0.39 is 0 Å². The van der Waals surface area contributed by atoms with Crippen molar-refractivity contribution >= 4 is 5.91 Å². The number of benzene rings is 1. The lowest BCUT2D eigenvalue weighted by Crippen LogP contribution is -2.33. The fourth-order valence-corrected chi connectivity index (χ4v) is 1.71. The third kappa shape index (κ3) is 2.97. The summed E-state index contributed by atoms with van der Waals surface area (Å²) in [5, 5.41) is 0. The van der Waals surface area contributed by atoms with Crippen LogP contribution >= 0.6 is 0 Å². The van der Waals surface area contributed by atoms with Gasteiger partial charge in [0, 0.05) is 5.56 Å². The molecule has 0 aromatic heterocycles. The molecule has 0 saturated heterocycles. The number of amides is 1. The standard InChI is InChI=1S/C13H20N2O2/c1-8(2)10-5-6-11(12(7-10)17-4)9(3)13(16)15-14/h5-9H,14H2,1-4H3,(H,15,16). The maximum atomic E-state index is 11.5. The number of carbonyl (C=O) groups is 1. The molecule has 1 amide bonds. The van der Waals surface area contributed by atoms with Crippen molar-refractivity contribution in [2.45, 2.75) is 32.6 Å². The molecule has 1 unspecified atom stereocenters. The Balaban J connectivity index is 3.12. The van der Waals surface area contributed by atoms with Crippen LogP contribution in [0.3, 0.4) is 0 Å². The molecule has 0 aliphatic heterocycles. The average Bonchev–Trinajstić information content (AvgIpc) is 2.35. The first kappa shape index (κ1) is 13.5. The van der Waals surface area contributed by atoms with Crippen LogP contribution in [0.1, 0.15) is 43.7 Å². The van der Waals surface area contributed by atoms with E-state index in [4.69, 9.17) is 10.6 Å². The average molecular weight is 236 g/mol. The van der Waals surface area contributed by atoms with Crippen LogP contribution in [0.5, 0.6) is 5.75 Å². The van der Waals surface area contributed by atoms with Crippen LogP contribution in [0.2, 0.25) is 0 Å². The van der Waals surface area contributed by atoms with Crippen molar-refractivity contribution in [2.24, 2.45) is 5.84 Å². The van der Waals surface area contributed by atoms with Gasteiger partial charge in [0.1, 0.15) is 5.75 Å². The van der Waals surface area contributed by atoms with Crippen LogP contribution < -0.4 is 16.0 Å². The molecule has 0 bridgehead atoms. The second-order valence-electron chi connectivity index (χ2n) is 4.39. The highest BCUT2D eigenvalue weighted by molar-refractivity contribution is 5.83. The summed E-state index contributed by atoms with van der Waals surface area (Å²) >= 11 is 0. The summed E-state index contributed by atoms with van der Waals surface area (Å²) < 4.78 is 5.33. The van der Waals surface area contributed by atoms with Gasteiger partial charge in [-0.15, -0.1) is 0 Å². The maximum absolute atomic E-state index is 11.5. The molecule has 4 nitrogen and oxygen atoms in total. The number of hydrogen-bond acceptors (Lipinski definition) is 3. The van der Waals surface area contributed by atoms with E-state index >= 15 is 0 Å². The normalized spacial score (nSPS) is 12.4. The minimum Gasteiger partial charge on any atom is -0.496 e. The summed E-state index contributed by atoms with van der Waals surface area (Å²) in [5.74, 6) is 5.75. The molecule has 0 aliphatic carbocycles. The highest BCUT2D eigenvalue weighted by atomic mass is 16.5. The molecular weight excluding hydrogens is 216 g/mol. The zero-order chi connectivity index (χ0) is 13.0. The largest absolute Gasteiger partial charge is 0.496 e. The highest BCUT2D eigenvalue weighted by Gasteiger charge is 2.18. The van der Waals surface area contributed by atoms with Crippen molar-refractivity contribution in [3.8, 4) is 5.75 Å². The molecule has 1 rings (SSSR count). The summed E-state index contributed by atoms with van der Waals surface area (Å²) in [7, 11) is 1.61. The Kier molecular flexibility index (Phi) is 4.52. The molecule has 1 aromatic carbocycles. The van der Waals surface area contributed by atoms with Gasteiger partial charge in [-0.1, -0.05) is 26.0 Å². The van der Waals surface area contributed by atoms with Gasteiger partial charge in [0.05, 0.1) is 13.0 Å². The summed E-state index contributed by atoms with van der Waals surface area (Å²) in [6, 6.07) is 5.91. The Morgan fingerprint density at radius 3 is 2.47 bits per heavy atom. The Bertz CT molecular complexity index is 402. The Morgan fingerprint density at radius 2 is 2.00 bits per heavy atom. The van der Waals surface area contributed by atoms with Crippen molar-refractivity contribution in [1.82, 2.24) is 5.43 Å². The van der Waals surface area contributed by atoms with Crippen LogP contribution in [-0.4, -0.2) is 13.0 Å². The molecule has 0 heterocycles. The molecular formula is C13H20N2O2. The molecule has 3 N–H and O–H groups in total. The second kappa shape index (κ2) is 5.68. The van der Waals surface area contributed by atoms with E-state index in [0.717, 1.165) is 11.3 Å². The predicted molar refractivity (Wildman–Crippen MR) is 67.8 cm³/mol. The predicted octanol–water partition coefficient (Wildman–Crippen LogP) is 1.91. The monoisotopic (exact) mass is 236 g/mol. The smallest absolute Gasteiger partial charge is 0.241 e. The number of hydrazine groups is 1. The number of carbonyl (C=O) groups excluding carboxylic acids is 1. The van der Waals surface area contributed by atoms with Crippen LogP contribution in [0.25, 0.3) is 0 Å². The van der Waals surface area contributed by atoms with Gasteiger partial charge in [0.15, 0.2) is 0 Å². The lowest BCUT2D eigenvalue weighted by Gasteiger charge is -2.16. The van der Waals surface area contributed by atoms with Gasteiger partial charge in [0.25, 0.3) is 0 Å². The van der Waals surface area contributed by atoms with Crippen molar-refractivity contribution < 1.29 is 9.53 Å². The van der Waals surface area contributed by atoms with Crippen molar-refractivity contribution in [3.63, 3.8) is 0 Å². The van der Waals surface area contributed by atoms with Gasteiger partial charge in [0.2, 0.25) is 5.91 Å². The highest BCUT2D eigenvalue weighted by Crippen LogP contribution is 2.30. The molecule has 0 fully saturated rings. The number of methoxy groups -OCH3 is 1. The fourth-order valence-electron chi connectivity index (χ4n) is 1.71. The van der Waals surface area contributed by atoms with Crippen molar-refractivity contribution in [1.29, 1.82) is 0 Å². The SMILES string of the molecule is COc1cc(C(C)C)ccc1C(C)C(=O)NN. The molecule has 0 radical (unpaired) electrons. The third-order valence-electron chi connectivity index (χ3n) is 2.93. The summed E-state index contributed by atoms with van der Waals surface area (Å²) in [5.41, 5.74) is 4.19. The molecule has 94 valence electrons. The number of nitrogens with one attached hydrogen (secondary N) is 1. The molecule has 4 heteroatoms. The van der Waals surface area contributed by atoms with E-state index in [-0.39, 0.29) is 11.8 Å². The molecule has 0 spiro atoms. The van der Waals surface area contributed by atoms with E-state index in [1.165, 1.54) is 5.56 Å². The summed E-state index contributed by atoms with van der Waals surface area (Å²) in [6.45, 7) is 6.03. The zero-order valence-electron chi connectivity index (χ0n) is 10.8. The molecule has 1 aromatic rings. The van der Waals surface area contributed by atoms with E-state index in [1.807, 2.05) is 18.2 Å². The van der Waals surface area contributed by atoms with Gasteiger partial charge in [-0.05, 0) is 24.5 Å². The molecule has 0 aliphatic rings. The quantitative estimate of drug-likeness (QED) is 0.477. The van der Waals surface area contributed by atoms with Crippen LogP contribution in [0, 0.1) is 0 Å². The van der Waals surface area contributed by atoms with E-state index in [0.29, 0.717) is 5.92 Å². The van der Waals surface area contributed by atoms with Gasteiger partial charge in [-0.2, -0.15) is 0 Å². The van der Waals surface area contributed by atoms with Crippen molar-refractivity contribution in [2.75, 3.05) is 7.11 Å². The second-order valence-corrected chi connectivity index (χ2v) is 4.39. The summed E-state index contributed by atoms with van der Waals surface area (Å²) in [4.78, 5) is 11.5. The molecule has 1 atom stereocenters. The first-order chi connectivity index (χ1) is 8.01. The van der Waals surface area contributed by atoms with Crippen LogP contribution in [0.15, 0.2) is 18.2 Å². The van der Waals surface area contributed by atoms with E-state index in [1.54, 1.807) is 14.0 Å².